The molecule has 1 heterocycles. The Morgan fingerprint density at radius 2 is 1.92 bits per heavy atom. The maximum absolute atomic E-state index is 13.3. The van der Waals surface area contributed by atoms with Gasteiger partial charge in [-0.05, 0) is 50.8 Å². The fourth-order valence-corrected chi connectivity index (χ4v) is 5.20. The van der Waals surface area contributed by atoms with Crippen molar-refractivity contribution in [3.8, 4) is 5.75 Å². The van der Waals surface area contributed by atoms with Crippen molar-refractivity contribution in [1.29, 1.82) is 0 Å². The van der Waals surface area contributed by atoms with E-state index in [1.54, 1.807) is 29.0 Å². The van der Waals surface area contributed by atoms with Gasteiger partial charge < -0.3 is 30.3 Å². The minimum atomic E-state index is -0.368. The number of aliphatic hydroxyl groups is 1. The number of carbonyl (C=O) groups excluding carboxylic acids is 3. The van der Waals surface area contributed by atoms with Crippen LogP contribution in [0.2, 0.25) is 0 Å². The molecule has 9 nitrogen and oxygen atoms in total. The maximum Gasteiger partial charge on any atom is 0.317 e. The number of nitrogens with one attached hydrogen (secondary N) is 2. The van der Waals surface area contributed by atoms with Gasteiger partial charge in [0, 0.05) is 42.7 Å². The van der Waals surface area contributed by atoms with Crippen molar-refractivity contribution < 1.29 is 24.2 Å². The summed E-state index contributed by atoms with van der Waals surface area (Å²) in [6.07, 6.45) is 7.09. The average Bonchev–Trinajstić information content (AvgIpc) is 3.73. The molecule has 3 aliphatic rings. The molecule has 0 spiro atoms. The van der Waals surface area contributed by atoms with Gasteiger partial charge in [0.25, 0.3) is 0 Å². The van der Waals surface area contributed by atoms with Crippen molar-refractivity contribution in [2.75, 3.05) is 32.1 Å². The van der Waals surface area contributed by atoms with E-state index in [4.69, 9.17) is 4.74 Å². The van der Waals surface area contributed by atoms with E-state index >= 15 is 0 Å². The van der Waals surface area contributed by atoms with Crippen molar-refractivity contribution in [3.05, 3.63) is 23.8 Å². The first-order chi connectivity index (χ1) is 17.7. The Hall–Kier alpha value is -2.81. The smallest absolute Gasteiger partial charge is 0.317 e. The van der Waals surface area contributed by atoms with E-state index in [2.05, 4.69) is 10.6 Å². The van der Waals surface area contributed by atoms with Crippen LogP contribution in [0.15, 0.2) is 18.2 Å². The fraction of sp³-hybridized carbons (Fsp3) is 0.679. The minimum Gasteiger partial charge on any atom is -0.488 e. The van der Waals surface area contributed by atoms with Crippen LogP contribution in [-0.2, 0) is 16.0 Å². The van der Waals surface area contributed by atoms with Crippen LogP contribution >= 0.6 is 0 Å². The lowest BCUT2D eigenvalue weighted by Crippen LogP contribution is -2.50. The third-order valence-corrected chi connectivity index (χ3v) is 7.87. The van der Waals surface area contributed by atoms with Gasteiger partial charge >= 0.3 is 6.03 Å². The first-order valence-electron chi connectivity index (χ1n) is 13.8. The first kappa shape index (κ1) is 27.2. The summed E-state index contributed by atoms with van der Waals surface area (Å²) in [6, 6.07) is 5.17. The standard InChI is InChI=1S/C28H42N4O5/c1-18-15-32(19(2)17-33)26(34)14-21-13-23(29-27(35)20-9-10-20)11-12-24(21)37-25(18)16-31(3)28(36)30-22-7-5-4-6-8-22/h11-13,18-20,22,25,33H,4-10,14-17H2,1-3H3,(H,29,35)(H,30,36)/t18-,19+,25-/m1/s1. The summed E-state index contributed by atoms with van der Waals surface area (Å²) < 4.78 is 6.49. The average molecular weight is 515 g/mol. The molecule has 0 bridgehead atoms. The van der Waals surface area contributed by atoms with Crippen LogP contribution in [0.25, 0.3) is 0 Å². The van der Waals surface area contributed by atoms with E-state index in [0.717, 1.165) is 38.5 Å². The van der Waals surface area contributed by atoms with E-state index in [-0.39, 0.29) is 60.9 Å². The molecule has 1 aromatic carbocycles. The summed E-state index contributed by atoms with van der Waals surface area (Å²) in [5.41, 5.74) is 1.32. The highest BCUT2D eigenvalue weighted by Crippen LogP contribution is 2.32. The van der Waals surface area contributed by atoms with Gasteiger partial charge in [-0.25, -0.2) is 4.79 Å². The Balaban J connectivity index is 1.54. The van der Waals surface area contributed by atoms with Gasteiger partial charge in [0.1, 0.15) is 11.9 Å². The molecule has 4 amide bonds. The fourth-order valence-electron chi connectivity index (χ4n) is 5.20. The Labute approximate surface area is 219 Å². The Morgan fingerprint density at radius 3 is 2.59 bits per heavy atom. The van der Waals surface area contributed by atoms with E-state index in [0.29, 0.717) is 30.1 Å². The van der Waals surface area contributed by atoms with Crippen LogP contribution in [0.3, 0.4) is 0 Å². The normalized spacial score (nSPS) is 23.6. The van der Waals surface area contributed by atoms with E-state index < -0.39 is 0 Å². The summed E-state index contributed by atoms with van der Waals surface area (Å²) in [5, 5.41) is 15.9. The molecule has 37 heavy (non-hydrogen) atoms. The zero-order valence-corrected chi connectivity index (χ0v) is 22.4. The SMILES string of the molecule is C[C@@H]1CN([C@@H](C)CO)C(=O)Cc2cc(NC(=O)C3CC3)ccc2O[C@@H]1CN(C)C(=O)NC1CCCCC1. The lowest BCUT2D eigenvalue weighted by Gasteiger charge is -2.34. The lowest BCUT2D eigenvalue weighted by atomic mass is 9.96. The summed E-state index contributed by atoms with van der Waals surface area (Å²) in [6.45, 7) is 4.46. The van der Waals surface area contributed by atoms with Gasteiger partial charge in [0.05, 0.1) is 25.6 Å². The van der Waals surface area contributed by atoms with Crippen molar-refractivity contribution in [2.45, 2.75) is 83.4 Å². The Kier molecular flexibility index (Phi) is 8.95. The lowest BCUT2D eigenvalue weighted by molar-refractivity contribution is -0.134. The summed E-state index contributed by atoms with van der Waals surface area (Å²) in [5.74, 6) is 0.456. The highest BCUT2D eigenvalue weighted by atomic mass is 16.5. The van der Waals surface area contributed by atoms with Gasteiger partial charge in [-0.15, -0.1) is 0 Å². The zero-order valence-electron chi connectivity index (χ0n) is 22.4. The molecule has 1 aliphatic heterocycles. The second-order valence-corrected chi connectivity index (χ2v) is 11.1. The summed E-state index contributed by atoms with van der Waals surface area (Å²) >= 11 is 0. The molecular formula is C28H42N4O5. The third kappa shape index (κ3) is 7.15. The minimum absolute atomic E-state index is 0.00268. The number of amides is 4. The molecule has 1 aromatic rings. The van der Waals surface area contributed by atoms with Gasteiger partial charge in [0.15, 0.2) is 0 Å². The van der Waals surface area contributed by atoms with Gasteiger partial charge in [-0.1, -0.05) is 26.2 Å². The monoisotopic (exact) mass is 514 g/mol. The number of hydrogen-bond donors (Lipinski definition) is 3. The van der Waals surface area contributed by atoms with Crippen LogP contribution in [-0.4, -0.2) is 77.7 Å². The maximum atomic E-state index is 13.3. The highest BCUT2D eigenvalue weighted by Gasteiger charge is 2.33. The van der Waals surface area contributed by atoms with Crippen molar-refractivity contribution in [3.63, 3.8) is 0 Å². The van der Waals surface area contributed by atoms with Crippen LogP contribution in [0.4, 0.5) is 10.5 Å². The summed E-state index contributed by atoms with van der Waals surface area (Å²) in [4.78, 5) is 42.0. The second-order valence-electron chi connectivity index (χ2n) is 11.1. The largest absolute Gasteiger partial charge is 0.488 e. The summed E-state index contributed by atoms with van der Waals surface area (Å²) in [7, 11) is 1.78. The Bertz CT molecular complexity index is 975. The molecule has 0 unspecified atom stereocenters. The number of nitrogens with zero attached hydrogens (tertiary/aromatic N) is 2. The predicted octanol–water partition coefficient (Wildman–Crippen LogP) is 3.16. The van der Waals surface area contributed by atoms with Crippen molar-refractivity contribution in [2.24, 2.45) is 11.8 Å². The molecular weight excluding hydrogens is 472 g/mol. The predicted molar refractivity (Wildman–Crippen MR) is 141 cm³/mol. The topological polar surface area (TPSA) is 111 Å². The number of hydrogen-bond acceptors (Lipinski definition) is 5. The number of aliphatic hydroxyl groups excluding tert-OH is 1. The number of carbonyl (C=O) groups is 3. The van der Waals surface area contributed by atoms with Crippen molar-refractivity contribution >= 4 is 23.5 Å². The van der Waals surface area contributed by atoms with Crippen LogP contribution in [0.1, 0.15) is 64.4 Å². The molecule has 0 saturated heterocycles. The Morgan fingerprint density at radius 1 is 1.19 bits per heavy atom. The number of ether oxygens (including phenoxy) is 1. The molecule has 0 radical (unpaired) electrons. The number of fused-ring (bicyclic) bond motifs is 1. The van der Waals surface area contributed by atoms with E-state index in [9.17, 15) is 19.5 Å². The van der Waals surface area contributed by atoms with Gasteiger partial charge in [0.2, 0.25) is 11.8 Å². The molecule has 3 N–H and O–H groups in total. The van der Waals surface area contributed by atoms with Gasteiger partial charge in [-0.2, -0.15) is 0 Å². The van der Waals surface area contributed by atoms with Gasteiger partial charge in [-0.3, -0.25) is 9.59 Å². The second kappa shape index (κ2) is 12.2. The number of likely N-dealkylation sites (N-methyl/N-ethyl adjacent to an activating group) is 1. The number of anilines is 1. The first-order valence-corrected chi connectivity index (χ1v) is 13.8. The molecule has 0 aromatic heterocycles. The van der Waals surface area contributed by atoms with Crippen molar-refractivity contribution in [1.82, 2.24) is 15.1 Å². The van der Waals surface area contributed by atoms with E-state index in [1.165, 1.54) is 6.42 Å². The van der Waals surface area contributed by atoms with Crippen LogP contribution < -0.4 is 15.4 Å². The third-order valence-electron chi connectivity index (χ3n) is 7.87. The van der Waals surface area contributed by atoms with E-state index in [1.807, 2.05) is 19.9 Å². The van der Waals surface area contributed by atoms with Crippen LogP contribution in [0.5, 0.6) is 5.75 Å². The molecule has 2 aliphatic carbocycles. The zero-order chi connectivity index (χ0) is 26.5. The number of urea groups is 1. The molecule has 4 rings (SSSR count). The number of rotatable bonds is 7. The molecule has 204 valence electrons. The van der Waals surface area contributed by atoms with Crippen LogP contribution in [0, 0.1) is 11.8 Å². The quantitative estimate of drug-likeness (QED) is 0.518. The highest BCUT2D eigenvalue weighted by molar-refractivity contribution is 5.94. The number of benzene rings is 1. The molecule has 9 heteroatoms. The molecule has 2 fully saturated rings. The molecule has 3 atom stereocenters. The molecule has 2 saturated carbocycles.